The predicted molar refractivity (Wildman–Crippen MR) is 114 cm³/mol. The fraction of sp³-hybridized carbons (Fsp3) is 0.500. The average Bonchev–Trinajstić information content (AvgIpc) is 3.19. The van der Waals surface area contributed by atoms with Gasteiger partial charge in [-0.1, -0.05) is 5.16 Å². The number of hydrogen-bond acceptors (Lipinski definition) is 9. The molecule has 1 unspecified atom stereocenters. The largest absolute Gasteiger partial charge is 0.400 e. The van der Waals surface area contributed by atoms with E-state index in [-0.39, 0.29) is 37.2 Å². The highest BCUT2D eigenvalue weighted by atomic mass is 16.5. The summed E-state index contributed by atoms with van der Waals surface area (Å²) in [6.45, 7) is 7.78. The van der Waals surface area contributed by atoms with Gasteiger partial charge in [0.1, 0.15) is 13.0 Å². The normalized spacial score (nSPS) is 11.4. The molecule has 0 saturated carbocycles. The molecule has 2 aromatic rings. The average molecular weight is 421 g/mol. The Balaban J connectivity index is 0.00000218. The van der Waals surface area contributed by atoms with E-state index < -0.39 is 6.10 Å². The van der Waals surface area contributed by atoms with Crippen molar-refractivity contribution >= 4 is 24.0 Å². The number of carbonyl (C=O) groups is 1. The number of aryl methyl sites for hydroxylation is 2. The van der Waals surface area contributed by atoms with Crippen molar-refractivity contribution < 1.29 is 24.6 Å². The van der Waals surface area contributed by atoms with Crippen molar-refractivity contribution in [3.05, 3.63) is 35.0 Å². The minimum atomic E-state index is -0.614. The summed E-state index contributed by atoms with van der Waals surface area (Å²) in [5, 5.41) is 29.7. The number of carbonyl (C=O) groups excluding carboxylic acids is 1. The van der Waals surface area contributed by atoms with Gasteiger partial charge in [-0.2, -0.15) is 4.98 Å². The number of hydrogen-bond donors (Lipinski definition) is 4. The number of nitrogens with two attached hydrogens (primary N) is 1. The van der Waals surface area contributed by atoms with E-state index in [9.17, 15) is 9.90 Å². The molecule has 2 rings (SSSR count). The lowest BCUT2D eigenvalue weighted by Crippen LogP contribution is -2.35. The van der Waals surface area contributed by atoms with Crippen LogP contribution in [-0.4, -0.2) is 64.4 Å². The second-order valence-electron chi connectivity index (χ2n) is 6.59. The van der Waals surface area contributed by atoms with Crippen LogP contribution in [0.4, 0.5) is 11.4 Å². The van der Waals surface area contributed by atoms with Crippen LogP contribution in [0.15, 0.2) is 21.6 Å². The Hall–Kier alpha value is -2.66. The van der Waals surface area contributed by atoms with Crippen LogP contribution in [0.2, 0.25) is 0 Å². The molecule has 1 aromatic heterocycles. The first-order chi connectivity index (χ1) is 14.4. The third-order valence-electron chi connectivity index (χ3n) is 4.49. The Morgan fingerprint density at radius 2 is 1.97 bits per heavy atom. The van der Waals surface area contributed by atoms with E-state index in [0.29, 0.717) is 30.8 Å². The summed E-state index contributed by atoms with van der Waals surface area (Å²) in [7, 11) is 1.00. The monoisotopic (exact) mass is 421 g/mol. The van der Waals surface area contributed by atoms with Crippen LogP contribution >= 0.6 is 0 Å². The smallest absolute Gasteiger partial charge is 0.236 e. The molecular weight excluding hydrogens is 390 g/mol. The van der Waals surface area contributed by atoms with E-state index in [0.717, 1.165) is 18.2 Å². The molecule has 1 heterocycles. The van der Waals surface area contributed by atoms with Crippen molar-refractivity contribution in [2.45, 2.75) is 45.8 Å². The quantitative estimate of drug-likeness (QED) is 0.410. The second-order valence-corrected chi connectivity index (χ2v) is 6.59. The lowest BCUT2D eigenvalue weighted by Gasteiger charge is -2.26. The van der Waals surface area contributed by atoms with Gasteiger partial charge in [0.25, 0.3) is 0 Å². The van der Waals surface area contributed by atoms with Crippen molar-refractivity contribution in [1.82, 2.24) is 10.1 Å². The number of nitrogens with zero attached hydrogens (tertiary/aromatic N) is 4. The minimum Gasteiger partial charge on any atom is -0.400 e. The topological polar surface area (TPSA) is 158 Å². The molecule has 30 heavy (non-hydrogen) atoms. The summed E-state index contributed by atoms with van der Waals surface area (Å²) >= 11 is 0. The summed E-state index contributed by atoms with van der Waals surface area (Å²) in [6.07, 6.45) is 0.0589. The molecule has 0 saturated heterocycles. The summed E-state index contributed by atoms with van der Waals surface area (Å²) < 4.78 is 5.01. The molecule has 0 aliphatic rings. The molecule has 1 aromatic carbocycles. The Labute approximate surface area is 176 Å². The number of aliphatic hydroxyl groups is 3. The SMILES string of the molecule is C=Nc1cc(C)c(C)cc1N(CCC(O)CCN)C(=O)Cc1nc(CO)no1.CO. The summed E-state index contributed by atoms with van der Waals surface area (Å²) in [5.74, 6) is -0.0629. The molecule has 0 aliphatic carbocycles. The highest BCUT2D eigenvalue weighted by molar-refractivity contribution is 5.97. The van der Waals surface area contributed by atoms with Gasteiger partial charge in [0.15, 0.2) is 5.82 Å². The van der Waals surface area contributed by atoms with Gasteiger partial charge in [-0.15, -0.1) is 0 Å². The third kappa shape index (κ3) is 6.99. The van der Waals surface area contributed by atoms with E-state index in [1.165, 1.54) is 0 Å². The number of amides is 1. The van der Waals surface area contributed by atoms with Gasteiger partial charge in [0, 0.05) is 13.7 Å². The fourth-order valence-corrected chi connectivity index (χ4v) is 2.77. The molecular formula is C20H31N5O5. The van der Waals surface area contributed by atoms with E-state index >= 15 is 0 Å². The van der Waals surface area contributed by atoms with Gasteiger partial charge in [0.2, 0.25) is 11.8 Å². The van der Waals surface area contributed by atoms with Crippen LogP contribution in [0.25, 0.3) is 0 Å². The Bertz CT molecular complexity index is 824. The van der Waals surface area contributed by atoms with Crippen molar-refractivity contribution in [3.8, 4) is 0 Å². The lowest BCUT2D eigenvalue weighted by molar-refractivity contribution is -0.118. The van der Waals surface area contributed by atoms with Crippen LogP contribution in [0.3, 0.4) is 0 Å². The maximum absolute atomic E-state index is 13.0. The zero-order valence-electron chi connectivity index (χ0n) is 17.7. The summed E-state index contributed by atoms with van der Waals surface area (Å²) in [4.78, 5) is 22.6. The molecule has 0 aliphatic heterocycles. The van der Waals surface area contributed by atoms with Crippen LogP contribution in [0.1, 0.15) is 35.7 Å². The molecule has 0 fully saturated rings. The molecule has 1 atom stereocenters. The number of rotatable bonds is 10. The zero-order chi connectivity index (χ0) is 22.7. The van der Waals surface area contributed by atoms with Gasteiger partial charge >= 0.3 is 0 Å². The van der Waals surface area contributed by atoms with Crippen LogP contribution in [0, 0.1) is 13.8 Å². The molecule has 166 valence electrons. The van der Waals surface area contributed by atoms with Gasteiger partial charge in [0.05, 0.1) is 17.5 Å². The van der Waals surface area contributed by atoms with Crippen LogP contribution in [-0.2, 0) is 17.8 Å². The molecule has 0 radical (unpaired) electrons. The van der Waals surface area contributed by atoms with E-state index in [1.807, 2.05) is 26.0 Å². The standard InChI is InChI=1S/C19H27N5O4.CH4O/c1-12-8-15(21-3)16(9-13(12)2)24(7-5-14(26)4-6-20)19(27)10-18-22-17(11-25)23-28-18;1-2/h8-9,14,25-26H,3-7,10-11,20H2,1-2H3;2H,1H3. The number of benzene rings is 1. The van der Waals surface area contributed by atoms with Crippen molar-refractivity contribution in [1.29, 1.82) is 0 Å². The van der Waals surface area contributed by atoms with Crippen molar-refractivity contribution in [2.75, 3.05) is 25.1 Å². The van der Waals surface area contributed by atoms with Crippen molar-refractivity contribution in [3.63, 3.8) is 0 Å². The van der Waals surface area contributed by atoms with Gasteiger partial charge in [-0.25, -0.2) is 0 Å². The number of aromatic nitrogens is 2. The Morgan fingerprint density at radius 1 is 1.30 bits per heavy atom. The number of aliphatic imine (C=N–C) groups is 1. The summed E-state index contributed by atoms with van der Waals surface area (Å²) in [5.41, 5.74) is 8.71. The highest BCUT2D eigenvalue weighted by Gasteiger charge is 2.23. The zero-order valence-corrected chi connectivity index (χ0v) is 17.7. The third-order valence-corrected chi connectivity index (χ3v) is 4.49. The van der Waals surface area contributed by atoms with E-state index in [2.05, 4.69) is 21.9 Å². The summed E-state index contributed by atoms with van der Waals surface area (Å²) in [6, 6.07) is 3.74. The highest BCUT2D eigenvalue weighted by Crippen LogP contribution is 2.32. The molecule has 0 spiro atoms. The maximum Gasteiger partial charge on any atom is 0.236 e. The fourth-order valence-electron chi connectivity index (χ4n) is 2.77. The molecule has 10 nitrogen and oxygen atoms in total. The second kappa shape index (κ2) is 12.8. The lowest BCUT2D eigenvalue weighted by atomic mass is 10.1. The molecule has 10 heteroatoms. The Kier molecular flexibility index (Phi) is 10.8. The Morgan fingerprint density at radius 3 is 2.53 bits per heavy atom. The first-order valence-electron chi connectivity index (χ1n) is 9.53. The van der Waals surface area contributed by atoms with E-state index in [4.69, 9.17) is 20.5 Å². The minimum absolute atomic E-state index is 0.110. The first-order valence-corrected chi connectivity index (χ1v) is 9.53. The van der Waals surface area contributed by atoms with Gasteiger partial charge < -0.3 is 30.5 Å². The maximum atomic E-state index is 13.0. The van der Waals surface area contributed by atoms with E-state index in [1.54, 1.807) is 4.90 Å². The van der Waals surface area contributed by atoms with Gasteiger partial charge in [-0.3, -0.25) is 9.79 Å². The van der Waals surface area contributed by atoms with Crippen LogP contribution in [0.5, 0.6) is 0 Å². The molecule has 1 amide bonds. The van der Waals surface area contributed by atoms with Crippen molar-refractivity contribution in [2.24, 2.45) is 10.7 Å². The van der Waals surface area contributed by atoms with Gasteiger partial charge in [-0.05, 0) is 63.2 Å². The first kappa shape index (κ1) is 25.4. The molecule has 0 bridgehead atoms. The van der Waals surface area contributed by atoms with Crippen LogP contribution < -0.4 is 10.6 Å². The number of anilines is 1. The molecule has 5 N–H and O–H groups in total. The number of aliphatic hydroxyl groups excluding tert-OH is 3. The predicted octanol–water partition coefficient (Wildman–Crippen LogP) is 0.795.